The number of aromatic hydroxyl groups is 1. The fraction of sp³-hybridized carbons (Fsp3) is 0.538. The Kier molecular flexibility index (Phi) is 3.61. The van der Waals surface area contributed by atoms with Crippen molar-refractivity contribution >= 4 is 5.91 Å². The van der Waals surface area contributed by atoms with E-state index in [1.165, 1.54) is 18.8 Å². The number of pyridine rings is 1. The maximum absolute atomic E-state index is 12.2. The summed E-state index contributed by atoms with van der Waals surface area (Å²) in [5.74, 6) is 0.507. The molecular weight excluding hydrogens is 216 g/mol. The van der Waals surface area contributed by atoms with E-state index in [0.29, 0.717) is 11.5 Å². The van der Waals surface area contributed by atoms with E-state index in [2.05, 4.69) is 11.9 Å². The molecule has 0 bridgehead atoms. The maximum atomic E-state index is 12.2. The summed E-state index contributed by atoms with van der Waals surface area (Å²) in [4.78, 5) is 17.8. The van der Waals surface area contributed by atoms with Crippen LogP contribution in [0.4, 0.5) is 0 Å². The Morgan fingerprint density at radius 2 is 2.47 bits per heavy atom. The van der Waals surface area contributed by atoms with E-state index in [-0.39, 0.29) is 11.7 Å². The fourth-order valence-corrected chi connectivity index (χ4v) is 2.40. The molecule has 1 saturated heterocycles. The summed E-state index contributed by atoms with van der Waals surface area (Å²) in [5.41, 5.74) is 0.358. The quantitative estimate of drug-likeness (QED) is 0.870. The third-order valence-electron chi connectivity index (χ3n) is 3.30. The maximum Gasteiger partial charge on any atom is 0.257 e. The minimum absolute atomic E-state index is 0.0311. The first-order chi connectivity index (χ1) is 8.22. The molecule has 1 aliphatic rings. The molecule has 0 aliphatic carbocycles. The van der Waals surface area contributed by atoms with E-state index in [1.807, 2.05) is 4.90 Å². The van der Waals surface area contributed by atoms with E-state index >= 15 is 0 Å². The molecule has 2 heterocycles. The Morgan fingerprint density at radius 1 is 1.65 bits per heavy atom. The monoisotopic (exact) mass is 234 g/mol. The molecule has 1 aromatic heterocycles. The van der Waals surface area contributed by atoms with Gasteiger partial charge in [-0.1, -0.05) is 13.3 Å². The van der Waals surface area contributed by atoms with Crippen LogP contribution in [0, 0.1) is 5.92 Å². The lowest BCUT2D eigenvalue weighted by molar-refractivity contribution is 0.0783. The third-order valence-corrected chi connectivity index (χ3v) is 3.30. The molecule has 1 amide bonds. The topological polar surface area (TPSA) is 53.4 Å². The van der Waals surface area contributed by atoms with Crippen molar-refractivity contribution in [3.63, 3.8) is 0 Å². The summed E-state index contributed by atoms with van der Waals surface area (Å²) in [7, 11) is 0. The molecule has 0 spiro atoms. The lowest BCUT2D eigenvalue weighted by Crippen LogP contribution is -2.28. The van der Waals surface area contributed by atoms with Crippen LogP contribution < -0.4 is 0 Å². The van der Waals surface area contributed by atoms with Crippen molar-refractivity contribution in [3.8, 4) is 5.75 Å². The number of likely N-dealkylation sites (tertiary alicyclic amines) is 1. The Balaban J connectivity index is 2.05. The van der Waals surface area contributed by atoms with E-state index in [9.17, 15) is 9.90 Å². The van der Waals surface area contributed by atoms with E-state index in [1.54, 1.807) is 6.07 Å². The molecule has 4 nitrogen and oxygen atoms in total. The van der Waals surface area contributed by atoms with Crippen molar-refractivity contribution in [1.82, 2.24) is 9.88 Å². The largest absolute Gasteiger partial charge is 0.505 e. The molecule has 1 aliphatic heterocycles. The number of carbonyl (C=O) groups excluding carboxylic acids is 1. The molecule has 0 aromatic carbocycles. The van der Waals surface area contributed by atoms with Gasteiger partial charge in [0.2, 0.25) is 0 Å². The van der Waals surface area contributed by atoms with Crippen molar-refractivity contribution in [3.05, 3.63) is 24.0 Å². The average Bonchev–Trinajstić information content (AvgIpc) is 2.78. The van der Waals surface area contributed by atoms with E-state index < -0.39 is 0 Å². The van der Waals surface area contributed by atoms with Crippen molar-refractivity contribution in [2.24, 2.45) is 5.92 Å². The van der Waals surface area contributed by atoms with Crippen molar-refractivity contribution in [2.75, 3.05) is 13.1 Å². The second-order valence-electron chi connectivity index (χ2n) is 4.59. The van der Waals surface area contributed by atoms with Gasteiger partial charge >= 0.3 is 0 Å². The molecule has 0 saturated carbocycles. The summed E-state index contributed by atoms with van der Waals surface area (Å²) in [6, 6.07) is 1.57. The zero-order valence-corrected chi connectivity index (χ0v) is 10.1. The smallest absolute Gasteiger partial charge is 0.257 e. The van der Waals surface area contributed by atoms with Crippen molar-refractivity contribution < 1.29 is 9.90 Å². The number of carbonyl (C=O) groups is 1. The highest BCUT2D eigenvalue weighted by Crippen LogP contribution is 2.24. The predicted molar refractivity (Wildman–Crippen MR) is 64.8 cm³/mol. The lowest BCUT2D eigenvalue weighted by Gasteiger charge is -2.16. The second kappa shape index (κ2) is 5.17. The lowest BCUT2D eigenvalue weighted by atomic mass is 10.0. The number of hydrogen-bond donors (Lipinski definition) is 1. The minimum atomic E-state index is -0.0801. The Labute approximate surface area is 101 Å². The number of nitrogens with zero attached hydrogens (tertiary/aromatic N) is 2. The predicted octanol–water partition coefficient (Wildman–Crippen LogP) is 2.05. The molecule has 92 valence electrons. The van der Waals surface area contributed by atoms with Crippen LogP contribution in [0.15, 0.2) is 18.5 Å². The van der Waals surface area contributed by atoms with Gasteiger partial charge in [0, 0.05) is 19.3 Å². The first-order valence-corrected chi connectivity index (χ1v) is 6.14. The van der Waals surface area contributed by atoms with Gasteiger partial charge in [-0.15, -0.1) is 0 Å². The van der Waals surface area contributed by atoms with Gasteiger partial charge in [0.05, 0.1) is 11.8 Å². The van der Waals surface area contributed by atoms with Crippen LogP contribution in [0.3, 0.4) is 0 Å². The molecular formula is C13H18N2O2. The molecule has 2 rings (SSSR count). The molecule has 1 fully saturated rings. The number of rotatable bonds is 3. The van der Waals surface area contributed by atoms with E-state index in [4.69, 9.17) is 0 Å². The van der Waals surface area contributed by atoms with Gasteiger partial charge in [0.1, 0.15) is 5.75 Å². The van der Waals surface area contributed by atoms with Crippen molar-refractivity contribution in [2.45, 2.75) is 26.2 Å². The van der Waals surface area contributed by atoms with Crippen LogP contribution in [0.25, 0.3) is 0 Å². The normalized spacial score (nSPS) is 19.6. The minimum Gasteiger partial charge on any atom is -0.505 e. The second-order valence-corrected chi connectivity index (χ2v) is 4.59. The molecule has 0 radical (unpaired) electrons. The average molecular weight is 234 g/mol. The summed E-state index contributed by atoms with van der Waals surface area (Å²) < 4.78 is 0. The van der Waals surface area contributed by atoms with Crippen LogP contribution >= 0.6 is 0 Å². The first-order valence-electron chi connectivity index (χ1n) is 6.14. The highest BCUT2D eigenvalue weighted by atomic mass is 16.3. The van der Waals surface area contributed by atoms with Gasteiger partial charge in [-0.05, 0) is 24.8 Å². The fourth-order valence-electron chi connectivity index (χ4n) is 2.40. The Hall–Kier alpha value is -1.58. The Morgan fingerprint density at radius 3 is 3.18 bits per heavy atom. The van der Waals surface area contributed by atoms with Crippen molar-refractivity contribution in [1.29, 1.82) is 0 Å². The number of aromatic nitrogens is 1. The zero-order chi connectivity index (χ0) is 12.3. The van der Waals surface area contributed by atoms with Crippen LogP contribution in [-0.4, -0.2) is 34.0 Å². The van der Waals surface area contributed by atoms with Crippen LogP contribution in [-0.2, 0) is 0 Å². The summed E-state index contributed by atoms with van der Waals surface area (Å²) in [6.07, 6.45) is 6.25. The zero-order valence-electron chi connectivity index (χ0n) is 10.1. The SMILES string of the molecule is CCCC1CCN(C(=O)c2ccncc2O)C1. The van der Waals surface area contributed by atoms with Crippen LogP contribution in [0.5, 0.6) is 5.75 Å². The third kappa shape index (κ3) is 2.57. The van der Waals surface area contributed by atoms with Gasteiger partial charge in [0.25, 0.3) is 5.91 Å². The van der Waals surface area contributed by atoms with Crippen LogP contribution in [0.1, 0.15) is 36.5 Å². The first kappa shape index (κ1) is 11.9. The highest BCUT2D eigenvalue weighted by molar-refractivity contribution is 5.96. The Bertz CT molecular complexity index is 406. The number of amides is 1. The van der Waals surface area contributed by atoms with Gasteiger partial charge in [-0.3, -0.25) is 9.78 Å². The van der Waals surface area contributed by atoms with Gasteiger partial charge in [0.15, 0.2) is 0 Å². The number of hydrogen-bond acceptors (Lipinski definition) is 3. The molecule has 17 heavy (non-hydrogen) atoms. The summed E-state index contributed by atoms with van der Waals surface area (Å²) in [5, 5.41) is 9.60. The van der Waals surface area contributed by atoms with Gasteiger partial charge < -0.3 is 10.0 Å². The molecule has 1 atom stereocenters. The van der Waals surface area contributed by atoms with Gasteiger partial charge in [-0.25, -0.2) is 0 Å². The molecule has 4 heteroatoms. The highest BCUT2D eigenvalue weighted by Gasteiger charge is 2.27. The van der Waals surface area contributed by atoms with Crippen LogP contribution in [0.2, 0.25) is 0 Å². The molecule has 1 unspecified atom stereocenters. The van der Waals surface area contributed by atoms with E-state index in [0.717, 1.165) is 25.9 Å². The molecule has 1 N–H and O–H groups in total. The molecule has 1 aromatic rings. The summed E-state index contributed by atoms with van der Waals surface area (Å²) >= 11 is 0. The van der Waals surface area contributed by atoms with Gasteiger partial charge in [-0.2, -0.15) is 0 Å². The standard InChI is InChI=1S/C13H18N2O2/c1-2-3-10-5-7-15(9-10)13(17)11-4-6-14-8-12(11)16/h4,6,8,10,16H,2-3,5,7,9H2,1H3. The summed E-state index contributed by atoms with van der Waals surface area (Å²) in [6.45, 7) is 3.78.